The SMILES string of the molecule is CC(=O)Nc1ccc2c(ccn2CCCn2cc(CCCNC(=O)C3CC(C)C(O[C@@H]4O[C@@H](C)[C@@H](O)[C@@H](O)[C@@H]4O)C(O[C@@H]4O[C@H](CO)[C@H](O)[C@H](O[C@@H](CC5CCCCC5)C(=O)O)[C@H]4OC(=O)c4ccccc4)C3)nn2)c1. The van der Waals surface area contributed by atoms with Gasteiger partial charge in [-0.15, -0.1) is 5.10 Å². The van der Waals surface area contributed by atoms with Crippen molar-refractivity contribution in [2.24, 2.45) is 17.8 Å². The molecule has 0 bridgehead atoms. The Morgan fingerprint density at radius 2 is 1.62 bits per heavy atom. The zero-order chi connectivity index (χ0) is 54.0. The zero-order valence-corrected chi connectivity index (χ0v) is 43.2. The van der Waals surface area contributed by atoms with Gasteiger partial charge in [0.1, 0.15) is 36.6 Å². The molecule has 2 aromatic heterocycles. The lowest BCUT2D eigenvalue weighted by Crippen LogP contribution is -2.64. The average molecular weight is 1060 g/mol. The maximum absolute atomic E-state index is 14.1. The van der Waals surface area contributed by atoms with E-state index in [9.17, 15) is 49.8 Å². The second-order valence-electron chi connectivity index (χ2n) is 20.9. The quantitative estimate of drug-likeness (QED) is 0.0414. The Labute approximate surface area is 440 Å². The Kier molecular flexibility index (Phi) is 19.7. The number of aliphatic hydroxyl groups is 5. The molecule has 4 heterocycles. The highest BCUT2D eigenvalue weighted by atomic mass is 16.7. The van der Waals surface area contributed by atoms with E-state index in [1.165, 1.54) is 26.0 Å². The Morgan fingerprint density at radius 3 is 2.36 bits per heavy atom. The van der Waals surface area contributed by atoms with Gasteiger partial charge in [-0.1, -0.05) is 62.4 Å². The molecule has 416 valence electrons. The number of carbonyl (C=O) groups excluding carboxylic acids is 3. The summed E-state index contributed by atoms with van der Waals surface area (Å²) in [5.74, 6) is -3.73. The number of aliphatic hydroxyl groups excluding tert-OH is 5. The molecule has 15 atom stereocenters. The fraction of sp³-hybridized carbons (Fsp3) is 0.630. The van der Waals surface area contributed by atoms with Gasteiger partial charge in [-0.25, -0.2) is 9.59 Å². The molecule has 4 aromatic rings. The summed E-state index contributed by atoms with van der Waals surface area (Å²) < 4.78 is 41.5. The van der Waals surface area contributed by atoms with Crippen molar-refractivity contribution in [3.8, 4) is 0 Å². The van der Waals surface area contributed by atoms with Crippen molar-refractivity contribution in [1.82, 2.24) is 24.9 Å². The molecule has 2 aliphatic carbocycles. The van der Waals surface area contributed by atoms with Crippen molar-refractivity contribution >= 4 is 40.3 Å². The van der Waals surface area contributed by atoms with E-state index in [2.05, 4.69) is 25.5 Å². The first-order chi connectivity index (χ1) is 36.6. The van der Waals surface area contributed by atoms with Gasteiger partial charge in [0.25, 0.3) is 0 Å². The molecule has 0 spiro atoms. The van der Waals surface area contributed by atoms with Crippen LogP contribution >= 0.6 is 0 Å². The smallest absolute Gasteiger partial charge is 0.338 e. The number of hydrogen-bond acceptors (Lipinski definition) is 17. The summed E-state index contributed by atoms with van der Waals surface area (Å²) in [5.41, 5.74) is 2.69. The van der Waals surface area contributed by atoms with E-state index in [4.69, 9.17) is 28.4 Å². The monoisotopic (exact) mass is 1060 g/mol. The number of rotatable bonds is 22. The van der Waals surface area contributed by atoms with Crippen molar-refractivity contribution < 1.29 is 78.2 Å². The third-order valence-corrected chi connectivity index (χ3v) is 15.2. The number of hydrogen-bond donors (Lipinski definition) is 8. The van der Waals surface area contributed by atoms with Gasteiger partial charge in [-0.3, -0.25) is 14.3 Å². The number of carboxylic acids is 1. The van der Waals surface area contributed by atoms with Gasteiger partial charge < -0.3 is 74.3 Å². The molecule has 22 heteroatoms. The minimum Gasteiger partial charge on any atom is -0.479 e. The minimum absolute atomic E-state index is 0.0217. The van der Waals surface area contributed by atoms with Crippen molar-refractivity contribution in [1.29, 1.82) is 0 Å². The summed E-state index contributed by atoms with van der Waals surface area (Å²) in [4.78, 5) is 52.3. The molecule has 2 aliphatic heterocycles. The van der Waals surface area contributed by atoms with E-state index >= 15 is 0 Å². The van der Waals surface area contributed by atoms with E-state index < -0.39 is 110 Å². The number of fused-ring (bicyclic) bond motifs is 1. The van der Waals surface area contributed by atoms with Crippen LogP contribution in [0.5, 0.6) is 0 Å². The van der Waals surface area contributed by atoms with E-state index in [0.29, 0.717) is 25.9 Å². The molecule has 2 amide bonds. The Balaban J connectivity index is 0.951. The first kappa shape index (κ1) is 56.8. The number of aliphatic carboxylic acids is 1. The highest BCUT2D eigenvalue weighted by Gasteiger charge is 2.54. The van der Waals surface area contributed by atoms with Crippen molar-refractivity contribution in [2.75, 3.05) is 18.5 Å². The number of anilines is 1. The normalized spacial score (nSPS) is 30.6. The van der Waals surface area contributed by atoms with Crippen LogP contribution in [-0.4, -0.2) is 167 Å². The highest BCUT2D eigenvalue weighted by Crippen LogP contribution is 2.39. The topological polar surface area (TPSA) is 305 Å². The fourth-order valence-electron chi connectivity index (χ4n) is 11.1. The molecular weight excluding hydrogens is 989 g/mol. The Bertz CT molecular complexity index is 2540. The van der Waals surface area contributed by atoms with E-state index in [1.54, 1.807) is 22.9 Å². The number of ether oxygens (including phenoxy) is 6. The van der Waals surface area contributed by atoms with Crippen LogP contribution in [0.3, 0.4) is 0 Å². The maximum Gasteiger partial charge on any atom is 0.338 e. The molecule has 4 aliphatic rings. The molecule has 4 unspecified atom stereocenters. The number of nitrogens with zero attached hydrogens (tertiary/aromatic N) is 4. The Hall–Kier alpha value is -5.40. The third kappa shape index (κ3) is 14.2. The number of carboxylic acid groups (broad SMARTS) is 1. The molecule has 0 radical (unpaired) electrons. The van der Waals surface area contributed by atoms with Crippen LogP contribution in [0.15, 0.2) is 67.0 Å². The molecule has 2 saturated carbocycles. The minimum atomic E-state index is -1.70. The second-order valence-corrected chi connectivity index (χ2v) is 20.9. The van der Waals surface area contributed by atoms with Crippen molar-refractivity contribution in [3.05, 3.63) is 78.2 Å². The van der Waals surface area contributed by atoms with Gasteiger partial charge in [0.05, 0.1) is 36.2 Å². The van der Waals surface area contributed by atoms with Gasteiger partial charge in [-0.2, -0.15) is 0 Å². The van der Waals surface area contributed by atoms with Gasteiger partial charge in [0.2, 0.25) is 11.8 Å². The van der Waals surface area contributed by atoms with Crippen molar-refractivity contribution in [2.45, 2.75) is 184 Å². The summed E-state index contributed by atoms with van der Waals surface area (Å²) in [5, 5.41) is 80.6. The van der Waals surface area contributed by atoms with Crippen LogP contribution < -0.4 is 10.6 Å². The van der Waals surface area contributed by atoms with Crippen LogP contribution in [0.4, 0.5) is 5.69 Å². The molecule has 2 saturated heterocycles. The average Bonchev–Trinajstić information content (AvgIpc) is 4.06. The number of benzene rings is 2. The van der Waals surface area contributed by atoms with Crippen LogP contribution in [-0.2, 0) is 62.3 Å². The standard InChI is InChI=1S/C54H74N6O16/c1-30-24-36(50(67)55-20-10-16-38-28-60(58-57-38)22-11-21-59-23-19-35-26-37(56-32(3)62)17-18-39(35)59)27-40(47(30)76-53-46(66)45(65)43(63)31(2)71-53)73-54-49(75-52(70)34-14-8-5-9-15-34)48(44(64)42(29-61)74-54)72-41(51(68)69)25-33-12-6-4-7-13-33/h5,8-9,14-15,17-19,23,26,28,30-31,33,36,40-49,53-54,61,63-66H,4,6-7,10-13,16,20-22,24-25,27,29H2,1-3H3,(H,55,67)(H,56,62)(H,68,69)/t30?,31-,36?,40?,41-,42+,43+,44-,45+,46-,47?,48-,49+,53-,54+/m0/s1. The predicted octanol–water partition coefficient (Wildman–Crippen LogP) is 3.09. The third-order valence-electron chi connectivity index (χ3n) is 15.2. The molecule has 8 N–H and O–H groups in total. The van der Waals surface area contributed by atoms with Crippen LogP contribution in [0.2, 0.25) is 0 Å². The summed E-state index contributed by atoms with van der Waals surface area (Å²) in [7, 11) is 0. The molecule has 22 nitrogen and oxygen atoms in total. The largest absolute Gasteiger partial charge is 0.479 e. The van der Waals surface area contributed by atoms with Crippen LogP contribution in [0.1, 0.15) is 101 Å². The van der Waals surface area contributed by atoms with E-state index in [1.807, 2.05) is 43.6 Å². The summed E-state index contributed by atoms with van der Waals surface area (Å²) >= 11 is 0. The van der Waals surface area contributed by atoms with Crippen molar-refractivity contribution in [3.63, 3.8) is 0 Å². The van der Waals surface area contributed by atoms with Crippen LogP contribution in [0.25, 0.3) is 10.9 Å². The predicted molar refractivity (Wildman–Crippen MR) is 271 cm³/mol. The van der Waals surface area contributed by atoms with E-state index in [0.717, 1.165) is 67.4 Å². The van der Waals surface area contributed by atoms with Gasteiger partial charge in [0.15, 0.2) is 24.8 Å². The summed E-state index contributed by atoms with van der Waals surface area (Å²) in [6.45, 7) is 5.72. The highest BCUT2D eigenvalue weighted by molar-refractivity contribution is 5.92. The van der Waals surface area contributed by atoms with E-state index in [-0.39, 0.29) is 42.6 Å². The first-order valence-corrected chi connectivity index (χ1v) is 26.7. The number of amides is 2. The van der Waals surface area contributed by atoms with Gasteiger partial charge in [-0.05, 0) is 93.7 Å². The van der Waals surface area contributed by atoms with Crippen LogP contribution in [0, 0.1) is 17.8 Å². The molecule has 4 fully saturated rings. The number of aromatic nitrogens is 4. The fourth-order valence-corrected chi connectivity index (χ4v) is 11.1. The molecule has 2 aromatic carbocycles. The lowest BCUT2D eigenvalue weighted by atomic mass is 9.77. The lowest BCUT2D eigenvalue weighted by molar-refractivity contribution is -0.349. The summed E-state index contributed by atoms with van der Waals surface area (Å²) in [6.07, 6.45) is -7.99. The van der Waals surface area contributed by atoms with Gasteiger partial charge in [0, 0.05) is 61.5 Å². The Morgan fingerprint density at radius 1 is 0.842 bits per heavy atom. The molecule has 8 rings (SSSR count). The number of carbonyl (C=O) groups is 4. The number of esters is 1. The lowest BCUT2D eigenvalue weighted by Gasteiger charge is -2.48. The summed E-state index contributed by atoms with van der Waals surface area (Å²) in [6, 6.07) is 15.8. The zero-order valence-electron chi connectivity index (χ0n) is 43.2. The maximum atomic E-state index is 14.1. The first-order valence-electron chi connectivity index (χ1n) is 26.7. The number of nitrogens with one attached hydrogen (secondary N) is 2. The molecule has 76 heavy (non-hydrogen) atoms. The number of aryl methyl sites for hydroxylation is 3. The second kappa shape index (κ2) is 26.3. The van der Waals surface area contributed by atoms with Gasteiger partial charge >= 0.3 is 11.9 Å². The molecular formula is C54H74N6O16.